The third kappa shape index (κ3) is 6.34. The van der Waals surface area contributed by atoms with Crippen LogP contribution >= 0.6 is 0 Å². The monoisotopic (exact) mass is 391 g/mol. The van der Waals surface area contributed by atoms with Gasteiger partial charge in [0, 0.05) is 57.4 Å². The Morgan fingerprint density at radius 1 is 1.21 bits per heavy atom. The van der Waals surface area contributed by atoms with Crippen LogP contribution in [0.25, 0.3) is 0 Å². The first-order chi connectivity index (χ1) is 13.5. The van der Waals surface area contributed by atoms with Crippen LogP contribution in [0.1, 0.15) is 24.8 Å². The van der Waals surface area contributed by atoms with E-state index in [4.69, 9.17) is 9.47 Å². The zero-order valence-corrected chi connectivity index (χ0v) is 17.8. The van der Waals surface area contributed by atoms with Crippen molar-refractivity contribution in [2.24, 2.45) is 5.92 Å². The van der Waals surface area contributed by atoms with Gasteiger partial charge in [-0.05, 0) is 38.9 Å². The van der Waals surface area contributed by atoms with E-state index in [-0.39, 0.29) is 0 Å². The lowest BCUT2D eigenvalue weighted by Gasteiger charge is -2.33. The van der Waals surface area contributed by atoms with Crippen LogP contribution in [0.5, 0.6) is 11.5 Å². The van der Waals surface area contributed by atoms with Crippen LogP contribution in [0.4, 0.5) is 0 Å². The molecule has 0 bridgehead atoms. The highest BCUT2D eigenvalue weighted by Crippen LogP contribution is 2.29. The first-order valence-corrected chi connectivity index (χ1v) is 10.6. The summed E-state index contributed by atoms with van der Waals surface area (Å²) in [5.41, 5.74) is 1.15. The molecule has 0 unspecified atom stereocenters. The third-order valence-corrected chi connectivity index (χ3v) is 6.01. The van der Waals surface area contributed by atoms with Gasteiger partial charge in [-0.2, -0.15) is 0 Å². The molecular weight excluding hydrogens is 354 g/mol. The van der Waals surface area contributed by atoms with E-state index < -0.39 is 6.10 Å². The van der Waals surface area contributed by atoms with E-state index in [1.165, 1.54) is 19.3 Å². The molecule has 2 fully saturated rings. The summed E-state index contributed by atoms with van der Waals surface area (Å²) >= 11 is 0. The zero-order valence-electron chi connectivity index (χ0n) is 17.8. The Morgan fingerprint density at radius 3 is 2.61 bits per heavy atom. The number of β-amino-alcohol motifs (C(OH)–C–C–N with tert-alkyl or cyclic N) is 1. The van der Waals surface area contributed by atoms with E-state index >= 15 is 0 Å². The predicted octanol–water partition coefficient (Wildman–Crippen LogP) is 1.91. The fourth-order valence-electron chi connectivity index (χ4n) is 3.97. The number of ether oxygens (including phenoxy) is 2. The molecule has 0 spiro atoms. The summed E-state index contributed by atoms with van der Waals surface area (Å²) in [6.45, 7) is 7.07. The fraction of sp³-hybridized carbons (Fsp3) is 0.727. The molecule has 1 heterocycles. The maximum atomic E-state index is 10.5. The molecule has 2 aliphatic rings. The van der Waals surface area contributed by atoms with E-state index in [2.05, 4.69) is 34.9 Å². The van der Waals surface area contributed by atoms with Crippen molar-refractivity contribution in [3.05, 3.63) is 23.8 Å². The molecule has 158 valence electrons. The second-order valence-electron chi connectivity index (χ2n) is 8.54. The molecule has 6 heteroatoms. The number of aliphatic hydroxyl groups excluding tert-OH is 1. The molecule has 1 aromatic carbocycles. The van der Waals surface area contributed by atoms with Gasteiger partial charge in [-0.3, -0.25) is 4.90 Å². The number of aliphatic hydroxyl groups is 1. The third-order valence-electron chi connectivity index (χ3n) is 6.01. The smallest absolute Gasteiger partial charge is 0.127 e. The molecule has 1 N–H and O–H groups in total. The van der Waals surface area contributed by atoms with Crippen LogP contribution in [0.15, 0.2) is 18.2 Å². The molecule has 1 aliphatic carbocycles. The SMILES string of the molecule is COc1ccc(CN(C)CC2CCC2)c(OC[C@H](O)CN2CCN(C)CC2)c1. The van der Waals surface area contributed by atoms with Crippen LogP contribution < -0.4 is 9.47 Å². The van der Waals surface area contributed by atoms with Crippen LogP contribution in [0.3, 0.4) is 0 Å². The van der Waals surface area contributed by atoms with Gasteiger partial charge in [-0.15, -0.1) is 0 Å². The molecule has 28 heavy (non-hydrogen) atoms. The first kappa shape index (κ1) is 21.4. The number of hydrogen-bond acceptors (Lipinski definition) is 6. The minimum absolute atomic E-state index is 0.304. The Kier molecular flexibility index (Phi) is 7.97. The minimum atomic E-state index is -0.491. The second-order valence-corrected chi connectivity index (χ2v) is 8.54. The first-order valence-electron chi connectivity index (χ1n) is 10.6. The number of rotatable bonds is 10. The number of nitrogens with zero attached hydrogens (tertiary/aromatic N) is 3. The maximum Gasteiger partial charge on any atom is 0.127 e. The predicted molar refractivity (Wildman–Crippen MR) is 112 cm³/mol. The summed E-state index contributed by atoms with van der Waals surface area (Å²) in [7, 11) is 5.99. The summed E-state index contributed by atoms with van der Waals surface area (Å²) in [5.74, 6) is 2.45. The molecule has 6 nitrogen and oxygen atoms in total. The summed E-state index contributed by atoms with van der Waals surface area (Å²) < 4.78 is 11.4. The van der Waals surface area contributed by atoms with Crippen LogP contribution in [0, 0.1) is 5.92 Å². The molecule has 0 radical (unpaired) electrons. The Morgan fingerprint density at radius 2 is 1.96 bits per heavy atom. The van der Waals surface area contributed by atoms with Crippen molar-refractivity contribution < 1.29 is 14.6 Å². The van der Waals surface area contributed by atoms with Gasteiger partial charge in [-0.1, -0.05) is 12.5 Å². The summed E-state index contributed by atoms with van der Waals surface area (Å²) in [4.78, 5) is 7.01. The molecule has 1 atom stereocenters. The van der Waals surface area contributed by atoms with Gasteiger partial charge in [-0.25, -0.2) is 0 Å². The molecular formula is C22H37N3O3. The average molecular weight is 392 g/mol. The Balaban J connectivity index is 1.53. The molecule has 0 amide bonds. The molecule has 1 saturated carbocycles. The molecule has 0 aromatic heterocycles. The maximum absolute atomic E-state index is 10.5. The molecule has 1 aromatic rings. The number of hydrogen-bond donors (Lipinski definition) is 1. The van der Waals surface area contributed by atoms with Crippen molar-refractivity contribution in [1.29, 1.82) is 0 Å². The lowest BCUT2D eigenvalue weighted by atomic mass is 9.85. The van der Waals surface area contributed by atoms with Crippen molar-refractivity contribution in [3.63, 3.8) is 0 Å². The van der Waals surface area contributed by atoms with E-state index in [1.807, 2.05) is 12.1 Å². The summed E-state index contributed by atoms with van der Waals surface area (Å²) in [6.07, 6.45) is 3.60. The van der Waals surface area contributed by atoms with Gasteiger partial charge >= 0.3 is 0 Å². The fourth-order valence-corrected chi connectivity index (χ4v) is 3.97. The van der Waals surface area contributed by atoms with Crippen molar-refractivity contribution >= 4 is 0 Å². The van der Waals surface area contributed by atoms with Gasteiger partial charge in [0.25, 0.3) is 0 Å². The quantitative estimate of drug-likeness (QED) is 0.658. The highest BCUT2D eigenvalue weighted by molar-refractivity contribution is 5.40. The van der Waals surface area contributed by atoms with Crippen LogP contribution in [0.2, 0.25) is 0 Å². The summed E-state index contributed by atoms with van der Waals surface area (Å²) in [5, 5.41) is 10.5. The highest BCUT2D eigenvalue weighted by atomic mass is 16.5. The molecule has 3 rings (SSSR count). The zero-order chi connectivity index (χ0) is 19.9. The van der Waals surface area contributed by atoms with Crippen LogP contribution in [-0.4, -0.2) is 93.0 Å². The van der Waals surface area contributed by atoms with Gasteiger partial charge in [0.2, 0.25) is 0 Å². The number of likely N-dealkylation sites (N-methyl/N-ethyl adjacent to an activating group) is 1. The molecule has 1 aliphatic heterocycles. The van der Waals surface area contributed by atoms with Crippen molar-refractivity contribution in [1.82, 2.24) is 14.7 Å². The normalized spacial score (nSPS) is 20.2. The summed E-state index contributed by atoms with van der Waals surface area (Å²) in [6, 6.07) is 6.01. The van der Waals surface area contributed by atoms with Gasteiger partial charge < -0.3 is 24.4 Å². The largest absolute Gasteiger partial charge is 0.497 e. The van der Waals surface area contributed by atoms with Crippen molar-refractivity contribution in [2.45, 2.75) is 31.9 Å². The second kappa shape index (κ2) is 10.4. The number of methoxy groups -OCH3 is 1. The van der Waals surface area contributed by atoms with Crippen molar-refractivity contribution in [3.8, 4) is 11.5 Å². The van der Waals surface area contributed by atoms with E-state index in [9.17, 15) is 5.11 Å². The Labute approximate surface area is 170 Å². The van der Waals surface area contributed by atoms with E-state index in [1.54, 1.807) is 7.11 Å². The number of piperazine rings is 1. The van der Waals surface area contributed by atoms with Crippen LogP contribution in [-0.2, 0) is 6.54 Å². The van der Waals surface area contributed by atoms with Gasteiger partial charge in [0.05, 0.1) is 7.11 Å². The lowest BCUT2D eigenvalue weighted by Crippen LogP contribution is -2.47. The van der Waals surface area contributed by atoms with Crippen molar-refractivity contribution in [2.75, 3.05) is 67.1 Å². The van der Waals surface area contributed by atoms with Gasteiger partial charge in [0.1, 0.15) is 24.2 Å². The molecule has 1 saturated heterocycles. The van der Waals surface area contributed by atoms with E-state index in [0.717, 1.165) is 62.2 Å². The standard InChI is InChI=1S/C22H37N3O3/c1-23-9-11-25(12-10-23)16-20(26)17-28-22-13-21(27-3)8-7-19(22)15-24(2)14-18-5-4-6-18/h7-8,13,18,20,26H,4-6,9-12,14-17H2,1-3H3/t20-/m1/s1. The lowest BCUT2D eigenvalue weighted by molar-refractivity contribution is 0.0499. The average Bonchev–Trinajstić information content (AvgIpc) is 2.66. The highest BCUT2D eigenvalue weighted by Gasteiger charge is 2.21. The van der Waals surface area contributed by atoms with E-state index in [0.29, 0.717) is 13.2 Å². The Bertz CT molecular complexity index is 601. The Hall–Kier alpha value is -1.34. The minimum Gasteiger partial charge on any atom is -0.497 e. The van der Waals surface area contributed by atoms with Gasteiger partial charge in [0.15, 0.2) is 0 Å². The number of benzene rings is 1. The topological polar surface area (TPSA) is 48.4 Å².